The van der Waals surface area contributed by atoms with E-state index in [-0.39, 0.29) is 5.02 Å². The Morgan fingerprint density at radius 1 is 1.21 bits per heavy atom. The SMILES string of the molecule is N[C@@H](c1ccsc1)c1ccc(OC(F)(F)F)c(Cl)c1. The van der Waals surface area contributed by atoms with Gasteiger partial charge in [-0.3, -0.25) is 0 Å². The number of halogens is 4. The molecule has 2 aromatic rings. The third-order valence-corrected chi connectivity index (χ3v) is 3.44. The standard InChI is InChI=1S/C12H9ClF3NOS/c13-9-5-7(11(17)8-3-4-19-6-8)1-2-10(9)18-12(14,15)16/h1-6,11H,17H2/t11-/m1/s1. The van der Waals surface area contributed by atoms with Crippen LogP contribution in [0.4, 0.5) is 13.2 Å². The molecule has 0 bridgehead atoms. The van der Waals surface area contributed by atoms with Crippen molar-refractivity contribution in [3.05, 3.63) is 51.2 Å². The Morgan fingerprint density at radius 3 is 2.47 bits per heavy atom. The Hall–Kier alpha value is -1.24. The van der Waals surface area contributed by atoms with Gasteiger partial charge in [-0.2, -0.15) is 11.3 Å². The van der Waals surface area contributed by atoms with Crippen LogP contribution in [0, 0.1) is 0 Å². The zero-order valence-corrected chi connectivity index (χ0v) is 11.0. The fourth-order valence-electron chi connectivity index (χ4n) is 1.56. The molecule has 0 fully saturated rings. The number of rotatable bonds is 3. The number of ether oxygens (including phenoxy) is 1. The van der Waals surface area contributed by atoms with Crippen molar-refractivity contribution in [3.63, 3.8) is 0 Å². The van der Waals surface area contributed by atoms with Gasteiger partial charge >= 0.3 is 6.36 Å². The van der Waals surface area contributed by atoms with E-state index in [9.17, 15) is 13.2 Å². The van der Waals surface area contributed by atoms with Gasteiger partial charge in [0.1, 0.15) is 5.75 Å². The molecule has 0 amide bonds. The second-order valence-corrected chi connectivity index (χ2v) is 4.96. The van der Waals surface area contributed by atoms with Crippen LogP contribution < -0.4 is 10.5 Å². The number of alkyl halides is 3. The summed E-state index contributed by atoms with van der Waals surface area (Å²) in [6, 6.07) is 5.43. The average Bonchev–Trinajstić information content (AvgIpc) is 2.82. The number of nitrogens with two attached hydrogens (primary N) is 1. The minimum atomic E-state index is -4.76. The molecule has 19 heavy (non-hydrogen) atoms. The summed E-state index contributed by atoms with van der Waals surface area (Å²) in [5.41, 5.74) is 7.50. The lowest BCUT2D eigenvalue weighted by Gasteiger charge is -2.14. The summed E-state index contributed by atoms with van der Waals surface area (Å²) < 4.78 is 40.1. The molecule has 0 aliphatic carbocycles. The van der Waals surface area contributed by atoms with Crippen LogP contribution >= 0.6 is 22.9 Å². The minimum absolute atomic E-state index is 0.125. The van der Waals surface area contributed by atoms with E-state index in [2.05, 4.69) is 4.74 Å². The van der Waals surface area contributed by atoms with Gasteiger partial charge in [0.2, 0.25) is 0 Å². The Balaban J connectivity index is 2.24. The molecule has 0 aliphatic rings. The van der Waals surface area contributed by atoms with Crippen molar-refractivity contribution in [1.29, 1.82) is 0 Å². The second kappa shape index (κ2) is 5.40. The fourth-order valence-corrected chi connectivity index (χ4v) is 2.49. The van der Waals surface area contributed by atoms with Crippen molar-refractivity contribution in [3.8, 4) is 5.75 Å². The average molecular weight is 308 g/mol. The van der Waals surface area contributed by atoms with Gasteiger partial charge in [-0.25, -0.2) is 0 Å². The van der Waals surface area contributed by atoms with Crippen LogP contribution in [-0.2, 0) is 0 Å². The largest absolute Gasteiger partial charge is 0.573 e. The van der Waals surface area contributed by atoms with E-state index in [1.54, 1.807) is 0 Å². The third-order valence-electron chi connectivity index (χ3n) is 2.44. The number of thiophene rings is 1. The zero-order valence-electron chi connectivity index (χ0n) is 9.45. The Labute approximate surface area is 116 Å². The molecule has 0 saturated heterocycles. The van der Waals surface area contributed by atoms with Crippen molar-refractivity contribution >= 4 is 22.9 Å². The zero-order chi connectivity index (χ0) is 14.0. The Bertz CT molecular complexity index is 557. The molecule has 0 spiro atoms. The summed E-state index contributed by atoms with van der Waals surface area (Å²) >= 11 is 7.25. The van der Waals surface area contributed by atoms with Crippen molar-refractivity contribution < 1.29 is 17.9 Å². The van der Waals surface area contributed by atoms with Gasteiger partial charge in [0, 0.05) is 0 Å². The molecule has 2 nitrogen and oxygen atoms in total. The lowest BCUT2D eigenvalue weighted by atomic mass is 10.0. The lowest BCUT2D eigenvalue weighted by Crippen LogP contribution is -2.17. The first-order valence-electron chi connectivity index (χ1n) is 5.19. The maximum Gasteiger partial charge on any atom is 0.573 e. The van der Waals surface area contributed by atoms with E-state index in [0.717, 1.165) is 11.6 Å². The molecule has 1 atom stereocenters. The normalized spacial score (nSPS) is 13.3. The van der Waals surface area contributed by atoms with Gasteiger partial charge in [-0.15, -0.1) is 13.2 Å². The van der Waals surface area contributed by atoms with Gasteiger partial charge in [0.05, 0.1) is 11.1 Å². The van der Waals surface area contributed by atoms with Crippen LogP contribution in [0.25, 0.3) is 0 Å². The molecule has 0 radical (unpaired) electrons. The highest BCUT2D eigenvalue weighted by Gasteiger charge is 2.32. The maximum atomic E-state index is 12.1. The molecule has 0 aliphatic heterocycles. The van der Waals surface area contributed by atoms with E-state index in [1.165, 1.54) is 23.5 Å². The summed E-state index contributed by atoms with van der Waals surface area (Å²) in [6.45, 7) is 0. The van der Waals surface area contributed by atoms with Crippen molar-refractivity contribution in [1.82, 2.24) is 0 Å². The van der Waals surface area contributed by atoms with Gasteiger partial charge in [-0.05, 0) is 40.1 Å². The van der Waals surface area contributed by atoms with Crippen LogP contribution in [0.5, 0.6) is 5.75 Å². The fraction of sp³-hybridized carbons (Fsp3) is 0.167. The van der Waals surface area contributed by atoms with E-state index in [4.69, 9.17) is 17.3 Å². The molecular formula is C12H9ClF3NOS. The minimum Gasteiger partial charge on any atom is -0.404 e. The van der Waals surface area contributed by atoms with Gasteiger partial charge in [-0.1, -0.05) is 17.7 Å². The van der Waals surface area contributed by atoms with Crippen LogP contribution in [0.15, 0.2) is 35.0 Å². The predicted molar refractivity (Wildman–Crippen MR) is 68.5 cm³/mol. The van der Waals surface area contributed by atoms with Crippen molar-refractivity contribution in [2.45, 2.75) is 12.4 Å². The smallest absolute Gasteiger partial charge is 0.404 e. The van der Waals surface area contributed by atoms with Gasteiger partial charge in [0.25, 0.3) is 0 Å². The second-order valence-electron chi connectivity index (χ2n) is 3.77. The lowest BCUT2D eigenvalue weighted by molar-refractivity contribution is -0.274. The summed E-state index contributed by atoms with van der Waals surface area (Å²) in [5, 5.41) is 3.62. The van der Waals surface area contributed by atoms with Crippen LogP contribution in [-0.4, -0.2) is 6.36 Å². The van der Waals surface area contributed by atoms with Crippen molar-refractivity contribution in [2.24, 2.45) is 5.73 Å². The van der Waals surface area contributed by atoms with E-state index < -0.39 is 18.2 Å². The molecule has 102 valence electrons. The third kappa shape index (κ3) is 3.62. The topological polar surface area (TPSA) is 35.2 Å². The van der Waals surface area contributed by atoms with Gasteiger partial charge in [0.15, 0.2) is 0 Å². The Kier molecular flexibility index (Phi) is 4.03. The molecule has 7 heteroatoms. The first-order valence-corrected chi connectivity index (χ1v) is 6.52. The first-order chi connectivity index (χ1) is 8.87. The van der Waals surface area contributed by atoms with Crippen LogP contribution in [0.2, 0.25) is 5.02 Å². The van der Waals surface area contributed by atoms with Gasteiger partial charge < -0.3 is 10.5 Å². The number of benzene rings is 1. The molecular weight excluding hydrogens is 299 g/mol. The summed E-state index contributed by atoms with van der Waals surface area (Å²) in [5.74, 6) is -0.435. The molecule has 2 N–H and O–H groups in total. The molecule has 1 aromatic carbocycles. The first kappa shape index (κ1) is 14.2. The van der Waals surface area contributed by atoms with Crippen LogP contribution in [0.1, 0.15) is 17.2 Å². The highest BCUT2D eigenvalue weighted by Crippen LogP contribution is 2.33. The van der Waals surface area contributed by atoms with Crippen LogP contribution in [0.3, 0.4) is 0 Å². The molecule has 1 heterocycles. The van der Waals surface area contributed by atoms with E-state index >= 15 is 0 Å². The summed E-state index contributed by atoms with van der Waals surface area (Å²) in [7, 11) is 0. The predicted octanol–water partition coefficient (Wildman–Crippen LogP) is 4.35. The molecule has 2 rings (SSSR count). The maximum absolute atomic E-state index is 12.1. The van der Waals surface area contributed by atoms with E-state index in [1.807, 2.05) is 16.8 Å². The van der Waals surface area contributed by atoms with Crippen molar-refractivity contribution in [2.75, 3.05) is 0 Å². The highest BCUT2D eigenvalue weighted by atomic mass is 35.5. The highest BCUT2D eigenvalue weighted by molar-refractivity contribution is 7.08. The summed E-state index contributed by atoms with van der Waals surface area (Å²) in [4.78, 5) is 0. The molecule has 0 unspecified atom stereocenters. The van der Waals surface area contributed by atoms with E-state index in [0.29, 0.717) is 5.56 Å². The number of hydrogen-bond donors (Lipinski definition) is 1. The molecule has 1 aromatic heterocycles. The summed E-state index contributed by atoms with van der Waals surface area (Å²) in [6.07, 6.45) is -4.76. The number of hydrogen-bond acceptors (Lipinski definition) is 3. The Morgan fingerprint density at radius 2 is 1.95 bits per heavy atom. The molecule has 0 saturated carbocycles. The quantitative estimate of drug-likeness (QED) is 0.915. The monoisotopic (exact) mass is 307 g/mol.